The second-order valence-corrected chi connectivity index (χ2v) is 13.9. The van der Waals surface area contributed by atoms with Crippen molar-refractivity contribution < 1.29 is 4.79 Å². The molecule has 13 heteroatoms. The van der Waals surface area contributed by atoms with E-state index in [2.05, 4.69) is 68.9 Å². The van der Waals surface area contributed by atoms with Crippen molar-refractivity contribution in [2.45, 2.75) is 26.9 Å². The van der Waals surface area contributed by atoms with Gasteiger partial charge in [-0.1, -0.05) is 17.7 Å². The van der Waals surface area contributed by atoms with Crippen molar-refractivity contribution in [3.8, 4) is 0 Å². The first-order valence-electron chi connectivity index (χ1n) is 16.7. The van der Waals surface area contributed by atoms with Gasteiger partial charge in [0.25, 0.3) is 5.91 Å². The summed E-state index contributed by atoms with van der Waals surface area (Å²) in [4.78, 5) is 40.8. The third kappa shape index (κ3) is 8.13. The van der Waals surface area contributed by atoms with Gasteiger partial charge in [0, 0.05) is 67.5 Å². The molecule has 0 fully saturated rings. The maximum atomic E-state index is 13.2. The summed E-state index contributed by atoms with van der Waals surface area (Å²) in [6.07, 6.45) is 12.6. The molecule has 5 N–H and O–H groups in total. The third-order valence-electron chi connectivity index (χ3n) is 8.65. The Morgan fingerprint density at radius 3 is 2.45 bits per heavy atom. The monoisotopic (exact) mass is 832 g/mol. The molecule has 53 heavy (non-hydrogen) atoms. The van der Waals surface area contributed by atoms with E-state index in [-0.39, 0.29) is 5.91 Å². The van der Waals surface area contributed by atoms with Crippen LogP contribution in [0.25, 0.3) is 44.0 Å². The Hall–Kier alpha value is -5.86. The van der Waals surface area contributed by atoms with Crippen LogP contribution < -0.4 is 11.1 Å². The summed E-state index contributed by atoms with van der Waals surface area (Å²) < 4.78 is 3.21. The van der Waals surface area contributed by atoms with E-state index in [1.165, 1.54) is 3.57 Å². The van der Waals surface area contributed by atoms with Gasteiger partial charge in [0.15, 0.2) is 0 Å². The molecular weight excluding hydrogens is 799 g/mol. The zero-order valence-corrected chi connectivity index (χ0v) is 31.7. The zero-order chi connectivity index (χ0) is 36.9. The van der Waals surface area contributed by atoms with Crippen LogP contribution in [0.5, 0.6) is 0 Å². The van der Waals surface area contributed by atoms with E-state index in [0.29, 0.717) is 35.0 Å². The minimum Gasteiger partial charge on any atom is -0.384 e. The fourth-order valence-corrected chi connectivity index (χ4v) is 6.84. The summed E-state index contributed by atoms with van der Waals surface area (Å²) in [5.41, 5.74) is 16.9. The summed E-state index contributed by atoms with van der Waals surface area (Å²) in [5.74, 6) is 0.289. The van der Waals surface area contributed by atoms with Crippen LogP contribution in [0.3, 0.4) is 0 Å². The Kier molecular flexibility index (Phi) is 10.6. The number of nitrogen functional groups attached to an aromatic ring is 1. The summed E-state index contributed by atoms with van der Waals surface area (Å²) in [5, 5.41) is 4.59. The predicted octanol–water partition coefficient (Wildman–Crippen LogP) is 8.54. The number of anilines is 1. The number of aromatic amines is 2. The van der Waals surface area contributed by atoms with Gasteiger partial charge in [-0.25, -0.2) is 4.98 Å². The Morgan fingerprint density at radius 1 is 0.887 bits per heavy atom. The molecule has 264 valence electrons. The number of nitrogens with two attached hydrogens (primary N) is 1. The first-order chi connectivity index (χ1) is 25.7. The average Bonchev–Trinajstić information content (AvgIpc) is 3.89. The Labute approximate surface area is 323 Å². The molecule has 9 aromatic rings. The van der Waals surface area contributed by atoms with E-state index >= 15 is 0 Å². The second kappa shape index (κ2) is 15.8. The minimum absolute atomic E-state index is 0.187. The van der Waals surface area contributed by atoms with Gasteiger partial charge in [-0.05, 0) is 120 Å². The Balaban J connectivity index is 0.000000183. The molecule has 11 nitrogen and oxygen atoms in total. The van der Waals surface area contributed by atoms with E-state index in [1.54, 1.807) is 24.8 Å². The van der Waals surface area contributed by atoms with Crippen molar-refractivity contribution in [3.63, 3.8) is 0 Å². The smallest absolute Gasteiger partial charge is 0.255 e. The van der Waals surface area contributed by atoms with Crippen LogP contribution in [0.1, 0.15) is 32.7 Å². The van der Waals surface area contributed by atoms with Crippen LogP contribution >= 0.6 is 34.2 Å². The van der Waals surface area contributed by atoms with Crippen LogP contribution in [0.15, 0.2) is 116 Å². The molecule has 0 aliphatic carbocycles. The summed E-state index contributed by atoms with van der Waals surface area (Å²) >= 11 is 8.38. The van der Waals surface area contributed by atoms with Gasteiger partial charge in [-0.2, -0.15) is 0 Å². The molecule has 0 spiro atoms. The van der Waals surface area contributed by atoms with E-state index < -0.39 is 0 Å². The lowest BCUT2D eigenvalue weighted by atomic mass is 10.1. The summed E-state index contributed by atoms with van der Waals surface area (Å²) in [7, 11) is 0. The van der Waals surface area contributed by atoms with Gasteiger partial charge in [-0.15, -0.1) is 0 Å². The number of aromatic nitrogens is 8. The topological polar surface area (TPSA) is 156 Å². The van der Waals surface area contributed by atoms with E-state index in [0.717, 1.165) is 60.9 Å². The number of aryl methyl sites for hydroxylation is 2. The fraction of sp³-hybridized carbons (Fsp3) is 0.100. The maximum absolute atomic E-state index is 13.2. The molecule has 1 aromatic carbocycles. The quantitative estimate of drug-likeness (QED) is 0.127. The number of fused-ring (bicyclic) bond motifs is 4. The number of nitrogens with one attached hydrogen (secondary N) is 3. The summed E-state index contributed by atoms with van der Waals surface area (Å²) in [6, 6.07) is 23.4. The van der Waals surface area contributed by atoms with Crippen molar-refractivity contribution in [3.05, 3.63) is 153 Å². The molecule has 0 saturated heterocycles. The van der Waals surface area contributed by atoms with Gasteiger partial charge in [0.05, 0.1) is 41.7 Å². The van der Waals surface area contributed by atoms with Crippen LogP contribution in [-0.4, -0.2) is 45.4 Å². The number of rotatable bonds is 5. The molecular formula is C40H34ClIN10O. The highest BCUT2D eigenvalue weighted by atomic mass is 127. The van der Waals surface area contributed by atoms with Gasteiger partial charge in [0.1, 0.15) is 16.9 Å². The van der Waals surface area contributed by atoms with Crippen molar-refractivity contribution in [1.29, 1.82) is 0 Å². The predicted molar refractivity (Wildman–Crippen MR) is 220 cm³/mol. The number of benzene rings is 1. The minimum atomic E-state index is -0.187. The molecule has 9 rings (SSSR count). The lowest BCUT2D eigenvalue weighted by Gasteiger charge is -2.11. The molecule has 1 amide bonds. The molecule has 0 aliphatic rings. The number of halogens is 2. The molecule has 0 aliphatic heterocycles. The number of carbonyl (C=O) groups is 1. The maximum Gasteiger partial charge on any atom is 0.255 e. The van der Waals surface area contributed by atoms with E-state index in [4.69, 9.17) is 17.3 Å². The molecule has 0 unspecified atom stereocenters. The molecule has 0 atom stereocenters. The molecule has 8 heterocycles. The summed E-state index contributed by atoms with van der Waals surface area (Å²) in [6.45, 7) is 4.80. The van der Waals surface area contributed by atoms with Crippen LogP contribution in [0, 0.1) is 17.4 Å². The highest BCUT2D eigenvalue weighted by Gasteiger charge is 2.17. The lowest BCUT2D eigenvalue weighted by molar-refractivity contribution is 0.0952. The number of carbonyl (C=O) groups excluding carboxylic acids is 1. The number of pyridine rings is 5. The molecule has 0 bridgehead atoms. The van der Waals surface area contributed by atoms with E-state index in [1.807, 2.05) is 104 Å². The number of amides is 1. The van der Waals surface area contributed by atoms with Crippen molar-refractivity contribution in [1.82, 2.24) is 44.8 Å². The Bertz CT molecular complexity index is 2670. The van der Waals surface area contributed by atoms with Crippen molar-refractivity contribution >= 4 is 89.9 Å². The number of nitrogens with zero attached hydrogens (tertiary/aromatic N) is 6. The van der Waals surface area contributed by atoms with Gasteiger partial charge < -0.3 is 25.6 Å². The first-order valence-corrected chi connectivity index (χ1v) is 18.1. The largest absolute Gasteiger partial charge is 0.384 e. The lowest BCUT2D eigenvalue weighted by Crippen LogP contribution is -2.24. The molecule has 0 saturated carbocycles. The molecule has 0 radical (unpaired) electrons. The Morgan fingerprint density at radius 2 is 1.66 bits per heavy atom. The standard InChI is InChI=1S/C26H23ClN6O.C7H5IN2.C7H6N2/c1-15-8-24(28)32-16(2)20(15)12-31-26(34)21-14-33(23-4-3-7-29-25(21)23)13-17-5-6-22-18(9-17)10-19(27)11-30-22;8-5-4-10-6-2-1-3-9-7(5)6;1-2-6-7(8-4-1)3-5-9-6/h3-11,14H,12-13H2,1-2H3,(H2,28,32)(H,31,34);1-4,10H;1-5,9H. The second-order valence-electron chi connectivity index (χ2n) is 12.3. The molecule has 8 aromatic heterocycles. The highest BCUT2D eigenvalue weighted by Crippen LogP contribution is 2.24. The zero-order valence-electron chi connectivity index (χ0n) is 28.8. The van der Waals surface area contributed by atoms with Crippen LogP contribution in [0.4, 0.5) is 5.82 Å². The van der Waals surface area contributed by atoms with Crippen LogP contribution in [0.2, 0.25) is 5.02 Å². The number of H-pyrrole nitrogens is 2. The fourth-order valence-electron chi connectivity index (χ4n) is 6.09. The first kappa shape index (κ1) is 35.5. The van der Waals surface area contributed by atoms with Gasteiger partial charge >= 0.3 is 0 Å². The van der Waals surface area contributed by atoms with Crippen LogP contribution in [-0.2, 0) is 13.1 Å². The van der Waals surface area contributed by atoms with Crippen molar-refractivity contribution in [2.75, 3.05) is 5.73 Å². The number of hydrogen-bond donors (Lipinski definition) is 4. The number of hydrogen-bond acceptors (Lipinski definition) is 7. The SMILES string of the molecule is Cc1cc(N)nc(C)c1CNC(=O)c1cn(Cc2ccc3ncc(Cl)cc3c2)c2cccnc12.Ic1c[nH]c2cccnc12.c1cnc2cc[nH]c2c1. The normalized spacial score (nSPS) is 10.9. The average molecular weight is 833 g/mol. The van der Waals surface area contributed by atoms with Gasteiger partial charge in [0.2, 0.25) is 0 Å². The van der Waals surface area contributed by atoms with Gasteiger partial charge in [-0.3, -0.25) is 24.7 Å². The third-order valence-corrected chi connectivity index (χ3v) is 9.68. The van der Waals surface area contributed by atoms with Crippen molar-refractivity contribution in [2.24, 2.45) is 0 Å². The highest BCUT2D eigenvalue weighted by molar-refractivity contribution is 14.1. The van der Waals surface area contributed by atoms with E-state index in [9.17, 15) is 4.79 Å².